The van der Waals surface area contributed by atoms with E-state index in [-0.39, 0.29) is 17.8 Å². The van der Waals surface area contributed by atoms with Crippen LogP contribution in [0.5, 0.6) is 0 Å². The Morgan fingerprint density at radius 2 is 2.19 bits per heavy atom. The summed E-state index contributed by atoms with van der Waals surface area (Å²) in [5, 5.41) is 2.84. The Morgan fingerprint density at radius 1 is 1.33 bits per heavy atom. The lowest BCUT2D eigenvalue weighted by Crippen LogP contribution is -2.29. The third kappa shape index (κ3) is 2.99. The van der Waals surface area contributed by atoms with Crippen molar-refractivity contribution in [2.45, 2.75) is 44.3 Å². The summed E-state index contributed by atoms with van der Waals surface area (Å²) in [4.78, 5) is 24.1. The van der Waals surface area contributed by atoms with Crippen molar-refractivity contribution in [3.63, 3.8) is 0 Å². The van der Waals surface area contributed by atoms with Gasteiger partial charge < -0.3 is 15.8 Å². The summed E-state index contributed by atoms with van der Waals surface area (Å²) in [5.74, 6) is 0.00168. The number of amides is 1. The molecule has 1 aromatic rings. The number of anilines is 1. The van der Waals surface area contributed by atoms with Crippen molar-refractivity contribution in [1.82, 2.24) is 0 Å². The van der Waals surface area contributed by atoms with Gasteiger partial charge in [-0.1, -0.05) is 6.07 Å². The largest absolute Gasteiger partial charge is 0.364 e. The summed E-state index contributed by atoms with van der Waals surface area (Å²) in [5.41, 5.74) is 8.02. The van der Waals surface area contributed by atoms with E-state index in [1.54, 1.807) is 6.07 Å². The van der Waals surface area contributed by atoms with Crippen molar-refractivity contribution in [2.75, 3.05) is 11.9 Å². The second-order valence-corrected chi connectivity index (χ2v) is 5.70. The third-order valence-corrected chi connectivity index (χ3v) is 4.19. The second-order valence-electron chi connectivity index (χ2n) is 5.70. The summed E-state index contributed by atoms with van der Waals surface area (Å²) < 4.78 is 5.57. The number of Topliss-reactive ketones (excluding diaryl/α,β-unsaturated/α-hetero) is 1. The molecule has 21 heavy (non-hydrogen) atoms. The first kappa shape index (κ1) is 14.2. The van der Waals surface area contributed by atoms with Gasteiger partial charge in [0.2, 0.25) is 0 Å². The molecule has 1 aliphatic carbocycles. The van der Waals surface area contributed by atoms with E-state index < -0.39 is 6.10 Å². The summed E-state index contributed by atoms with van der Waals surface area (Å²) >= 11 is 0. The lowest BCUT2D eigenvalue weighted by Gasteiger charge is -2.17. The van der Waals surface area contributed by atoms with Gasteiger partial charge in [-0.15, -0.1) is 0 Å². The van der Waals surface area contributed by atoms with Crippen LogP contribution in [0, 0.1) is 0 Å². The van der Waals surface area contributed by atoms with Crippen molar-refractivity contribution >= 4 is 17.4 Å². The van der Waals surface area contributed by atoms with E-state index in [9.17, 15) is 9.59 Å². The van der Waals surface area contributed by atoms with E-state index >= 15 is 0 Å². The predicted octanol–water partition coefficient (Wildman–Crippen LogP) is 1.65. The smallest absolute Gasteiger partial charge is 0.253 e. The molecule has 5 nitrogen and oxygen atoms in total. The van der Waals surface area contributed by atoms with Crippen LogP contribution in [0.3, 0.4) is 0 Å². The normalized spacial score (nSPS) is 24.7. The van der Waals surface area contributed by atoms with Gasteiger partial charge in [-0.2, -0.15) is 0 Å². The maximum Gasteiger partial charge on any atom is 0.253 e. The van der Waals surface area contributed by atoms with Crippen molar-refractivity contribution < 1.29 is 14.3 Å². The zero-order chi connectivity index (χ0) is 14.8. The molecule has 112 valence electrons. The molecule has 1 fully saturated rings. The van der Waals surface area contributed by atoms with Gasteiger partial charge in [-0.05, 0) is 43.4 Å². The topological polar surface area (TPSA) is 81.4 Å². The number of ether oxygens (including phenoxy) is 1. The summed E-state index contributed by atoms with van der Waals surface area (Å²) in [6, 6.07) is 5.56. The van der Waals surface area contributed by atoms with Crippen LogP contribution in [0.4, 0.5) is 5.69 Å². The lowest BCUT2D eigenvalue weighted by atomic mass is 9.90. The molecule has 3 rings (SSSR count). The van der Waals surface area contributed by atoms with E-state index in [4.69, 9.17) is 10.5 Å². The van der Waals surface area contributed by atoms with E-state index in [1.807, 2.05) is 12.1 Å². The number of fused-ring (bicyclic) bond motifs is 1. The molecule has 0 radical (unpaired) electrons. The zero-order valence-electron chi connectivity index (χ0n) is 11.9. The van der Waals surface area contributed by atoms with Crippen LogP contribution >= 0.6 is 0 Å². The molecule has 0 saturated carbocycles. The van der Waals surface area contributed by atoms with Gasteiger partial charge in [0.25, 0.3) is 5.91 Å². The minimum Gasteiger partial charge on any atom is -0.364 e. The van der Waals surface area contributed by atoms with Crippen LogP contribution in [0.15, 0.2) is 18.2 Å². The fourth-order valence-corrected chi connectivity index (χ4v) is 3.00. The number of hydrogen-bond donors (Lipinski definition) is 2. The van der Waals surface area contributed by atoms with E-state index in [1.165, 1.54) is 0 Å². The number of rotatable bonds is 3. The van der Waals surface area contributed by atoms with Crippen molar-refractivity contribution in [2.24, 2.45) is 5.73 Å². The standard InChI is InChI=1S/C16H20N2O3/c17-9-12-6-7-15(21-12)16(20)18-11-5-4-10-2-1-3-14(19)13(10)8-11/h4-5,8,12,15H,1-3,6-7,9,17H2,(H,18,20)/t12-,15+/m1/s1. The van der Waals surface area contributed by atoms with Crippen LogP contribution in [0.25, 0.3) is 0 Å². The first-order valence-corrected chi connectivity index (χ1v) is 7.50. The molecule has 1 heterocycles. The summed E-state index contributed by atoms with van der Waals surface area (Å²) in [7, 11) is 0. The zero-order valence-corrected chi connectivity index (χ0v) is 11.9. The molecule has 2 aliphatic rings. The van der Waals surface area contributed by atoms with Crippen LogP contribution in [0.2, 0.25) is 0 Å². The Morgan fingerprint density at radius 3 is 2.95 bits per heavy atom. The van der Waals surface area contributed by atoms with Gasteiger partial charge in [0.05, 0.1) is 6.10 Å². The molecule has 1 saturated heterocycles. The Balaban J connectivity index is 1.69. The highest BCUT2D eigenvalue weighted by Gasteiger charge is 2.30. The lowest BCUT2D eigenvalue weighted by molar-refractivity contribution is -0.126. The van der Waals surface area contributed by atoms with Crippen molar-refractivity contribution in [1.29, 1.82) is 0 Å². The van der Waals surface area contributed by atoms with E-state index in [0.717, 1.165) is 30.4 Å². The fraction of sp³-hybridized carbons (Fsp3) is 0.500. The number of nitrogens with one attached hydrogen (secondary N) is 1. The maximum atomic E-state index is 12.2. The molecule has 2 atom stereocenters. The average Bonchev–Trinajstić information content (AvgIpc) is 2.97. The maximum absolute atomic E-state index is 12.2. The number of ketones is 1. The van der Waals surface area contributed by atoms with Crippen molar-refractivity contribution in [3.05, 3.63) is 29.3 Å². The first-order chi connectivity index (χ1) is 10.2. The molecule has 0 aromatic heterocycles. The predicted molar refractivity (Wildman–Crippen MR) is 79.3 cm³/mol. The van der Waals surface area contributed by atoms with E-state index in [0.29, 0.717) is 25.1 Å². The van der Waals surface area contributed by atoms with Crippen LogP contribution < -0.4 is 11.1 Å². The average molecular weight is 288 g/mol. The van der Waals surface area contributed by atoms with Gasteiger partial charge in [0, 0.05) is 24.2 Å². The number of carbonyl (C=O) groups excluding carboxylic acids is 2. The van der Waals surface area contributed by atoms with Crippen LogP contribution in [-0.4, -0.2) is 30.4 Å². The number of hydrogen-bond acceptors (Lipinski definition) is 4. The molecular formula is C16H20N2O3. The third-order valence-electron chi connectivity index (χ3n) is 4.19. The molecule has 0 spiro atoms. The number of carbonyl (C=O) groups is 2. The van der Waals surface area contributed by atoms with Gasteiger partial charge in [0.1, 0.15) is 6.10 Å². The summed E-state index contributed by atoms with van der Waals surface area (Å²) in [6.45, 7) is 0.442. The highest BCUT2D eigenvalue weighted by Crippen LogP contribution is 2.25. The molecule has 0 unspecified atom stereocenters. The van der Waals surface area contributed by atoms with Gasteiger partial charge >= 0.3 is 0 Å². The van der Waals surface area contributed by atoms with Crippen LogP contribution in [0.1, 0.15) is 41.6 Å². The molecule has 5 heteroatoms. The molecule has 1 aromatic carbocycles. The SMILES string of the molecule is NC[C@H]1CC[C@@H](C(=O)Nc2ccc3c(c2)C(=O)CCC3)O1. The minimum absolute atomic E-state index is 0.0224. The monoisotopic (exact) mass is 288 g/mol. The second kappa shape index (κ2) is 5.95. The molecule has 1 amide bonds. The molecular weight excluding hydrogens is 268 g/mol. The number of nitrogens with two attached hydrogens (primary N) is 1. The number of aryl methyl sites for hydroxylation is 1. The molecule has 3 N–H and O–H groups in total. The molecule has 1 aliphatic heterocycles. The molecule has 0 bridgehead atoms. The van der Waals surface area contributed by atoms with Gasteiger partial charge in [-0.25, -0.2) is 0 Å². The van der Waals surface area contributed by atoms with Crippen molar-refractivity contribution in [3.8, 4) is 0 Å². The van der Waals surface area contributed by atoms with Gasteiger partial charge in [-0.3, -0.25) is 9.59 Å². The quantitative estimate of drug-likeness (QED) is 0.886. The Bertz CT molecular complexity index is 571. The summed E-state index contributed by atoms with van der Waals surface area (Å²) in [6.07, 6.45) is 3.48. The Kier molecular flexibility index (Phi) is 4.03. The fourth-order valence-electron chi connectivity index (χ4n) is 3.00. The highest BCUT2D eigenvalue weighted by atomic mass is 16.5. The number of benzene rings is 1. The Labute approximate surface area is 123 Å². The highest BCUT2D eigenvalue weighted by molar-refractivity contribution is 6.01. The van der Waals surface area contributed by atoms with E-state index in [2.05, 4.69) is 5.32 Å². The first-order valence-electron chi connectivity index (χ1n) is 7.50. The minimum atomic E-state index is -0.440. The van der Waals surface area contributed by atoms with Crippen LogP contribution in [-0.2, 0) is 16.0 Å². The van der Waals surface area contributed by atoms with Gasteiger partial charge in [0.15, 0.2) is 5.78 Å². The Hall–Kier alpha value is -1.72.